The van der Waals surface area contributed by atoms with Gasteiger partial charge < -0.3 is 20.1 Å². The van der Waals surface area contributed by atoms with Crippen LogP contribution in [0.3, 0.4) is 0 Å². The molecule has 3 N–H and O–H groups in total. The summed E-state index contributed by atoms with van der Waals surface area (Å²) in [6, 6.07) is 6.62. The lowest BCUT2D eigenvalue weighted by Gasteiger charge is -2.50. The molecule has 3 fully saturated rings. The smallest absolute Gasteiger partial charge is 0.339 e. The fraction of sp³-hybridized carbons (Fsp3) is 0.265. The van der Waals surface area contributed by atoms with Crippen LogP contribution in [0.1, 0.15) is 34.7 Å². The second-order valence-corrected chi connectivity index (χ2v) is 13.9. The number of hydrogen-bond donors (Lipinski definition) is 3. The first-order chi connectivity index (χ1) is 24.4. The molecule has 1 saturated carbocycles. The number of phenolic OH excluding ortho intramolecular Hbond substituents is 1. The number of carbonyl (C=O) groups is 5. The lowest BCUT2D eigenvalue weighted by molar-refractivity contribution is -0.125. The van der Waals surface area contributed by atoms with E-state index in [0.29, 0.717) is 4.90 Å². The van der Waals surface area contributed by atoms with E-state index in [2.05, 4.69) is 0 Å². The number of alkyl halides is 2. The fourth-order valence-corrected chi connectivity index (χ4v) is 8.83. The third kappa shape index (κ3) is 4.39. The molecular weight excluding hydrogens is 746 g/mol. The third-order valence-electron chi connectivity index (χ3n) is 10.2. The van der Waals surface area contributed by atoms with Crippen molar-refractivity contribution >= 4 is 64.2 Å². The van der Waals surface area contributed by atoms with E-state index < -0.39 is 121 Å². The number of imide groups is 2. The molecule has 0 aromatic heterocycles. The van der Waals surface area contributed by atoms with Crippen LogP contribution in [-0.2, 0) is 19.2 Å². The predicted molar refractivity (Wildman–Crippen MR) is 169 cm³/mol. The summed E-state index contributed by atoms with van der Waals surface area (Å²) in [6.07, 6.45) is 0.445. The van der Waals surface area contributed by atoms with Gasteiger partial charge in [0.15, 0.2) is 33.0 Å². The van der Waals surface area contributed by atoms with E-state index in [-0.39, 0.29) is 33.9 Å². The molecule has 52 heavy (non-hydrogen) atoms. The van der Waals surface area contributed by atoms with Crippen molar-refractivity contribution in [3.63, 3.8) is 0 Å². The largest absolute Gasteiger partial charge is 0.508 e. The van der Waals surface area contributed by atoms with Gasteiger partial charge >= 0.3 is 5.97 Å². The highest BCUT2D eigenvalue weighted by Crippen LogP contribution is 2.67. The van der Waals surface area contributed by atoms with Crippen LogP contribution in [0.4, 0.5) is 33.3 Å². The number of carboxylic acids is 1. The molecule has 270 valence electrons. The number of halogens is 7. The van der Waals surface area contributed by atoms with E-state index in [1.807, 2.05) is 0 Å². The van der Waals surface area contributed by atoms with Gasteiger partial charge in [0.1, 0.15) is 28.5 Å². The first-order valence-electron chi connectivity index (χ1n) is 15.2. The number of methoxy groups -OCH3 is 1. The molecule has 2 aliphatic carbocycles. The Morgan fingerprint density at radius 1 is 0.827 bits per heavy atom. The molecule has 7 rings (SSSR count). The maximum absolute atomic E-state index is 15.2. The van der Waals surface area contributed by atoms with Gasteiger partial charge in [-0.3, -0.25) is 19.2 Å². The number of anilines is 2. The first-order valence-corrected chi connectivity index (χ1v) is 16.0. The van der Waals surface area contributed by atoms with Crippen LogP contribution >= 0.6 is 23.2 Å². The molecule has 0 radical (unpaired) electrons. The number of fused-ring (bicyclic) bond motifs is 4. The van der Waals surface area contributed by atoms with Crippen LogP contribution in [-0.4, -0.2) is 61.8 Å². The van der Waals surface area contributed by atoms with Crippen molar-refractivity contribution in [3.8, 4) is 17.2 Å². The molecule has 3 aromatic rings. The molecular formula is C34H21Cl2F5N2O9. The Labute approximate surface area is 298 Å². The molecule has 0 spiro atoms. The molecule has 11 nitrogen and oxygen atoms in total. The molecule has 2 aliphatic heterocycles. The zero-order valence-corrected chi connectivity index (χ0v) is 27.6. The topological polar surface area (TPSA) is 162 Å². The Morgan fingerprint density at radius 3 is 2.04 bits per heavy atom. The van der Waals surface area contributed by atoms with Gasteiger partial charge in [0.05, 0.1) is 24.6 Å². The summed E-state index contributed by atoms with van der Waals surface area (Å²) >= 11 is 14.1. The number of aromatic carboxylic acids is 1. The zero-order valence-electron chi connectivity index (χ0n) is 26.1. The van der Waals surface area contributed by atoms with Crippen molar-refractivity contribution in [2.75, 3.05) is 16.9 Å². The maximum Gasteiger partial charge on any atom is 0.339 e. The predicted octanol–water partition coefficient (Wildman–Crippen LogP) is 5.27. The monoisotopic (exact) mass is 766 g/mol. The van der Waals surface area contributed by atoms with Crippen molar-refractivity contribution in [3.05, 3.63) is 88.3 Å². The number of allylic oxidation sites excluding steroid dienone is 2. The fourth-order valence-electron chi connectivity index (χ4n) is 7.90. The van der Waals surface area contributed by atoms with Crippen LogP contribution in [0.5, 0.6) is 17.2 Å². The Morgan fingerprint density at radius 2 is 1.46 bits per heavy atom. The van der Waals surface area contributed by atoms with Crippen LogP contribution in [0.15, 0.2) is 48.0 Å². The summed E-state index contributed by atoms with van der Waals surface area (Å²) in [5, 5.41) is 30.8. The Balaban J connectivity index is 1.42. The molecule has 4 aliphatic rings. The summed E-state index contributed by atoms with van der Waals surface area (Å²) in [5.74, 6) is -26.0. The van der Waals surface area contributed by atoms with Crippen molar-refractivity contribution in [1.82, 2.24) is 0 Å². The second-order valence-electron chi connectivity index (χ2n) is 12.6. The van der Waals surface area contributed by atoms with E-state index in [9.17, 15) is 52.5 Å². The Bertz CT molecular complexity index is 2210. The van der Waals surface area contributed by atoms with Gasteiger partial charge in [-0.2, -0.15) is 0 Å². The van der Waals surface area contributed by atoms with Gasteiger partial charge in [0.25, 0.3) is 11.8 Å². The number of hydrogen-bond acceptors (Lipinski definition) is 8. The lowest BCUT2D eigenvalue weighted by Crippen LogP contribution is -2.60. The summed E-state index contributed by atoms with van der Waals surface area (Å²) < 4.78 is 78.4. The number of carbonyl (C=O) groups excluding carboxylic acids is 4. The van der Waals surface area contributed by atoms with E-state index in [1.54, 1.807) is 0 Å². The third-order valence-corrected chi connectivity index (χ3v) is 11.7. The number of carboxylic acid groups (broad SMARTS) is 1. The number of amides is 4. The number of nitrogens with zero attached hydrogens (tertiary/aromatic N) is 2. The molecule has 0 bridgehead atoms. The van der Waals surface area contributed by atoms with Gasteiger partial charge in [0, 0.05) is 23.6 Å². The standard InChI is InChI=1S/C34H21Cl2F5N2O9/c1-52-12-3-5-14(19(45)9-12)21-13-6-7-16-20(29(47)42(28(16)46)11-2-4-15(30(48)49)18(44)8-11)17(13)10-33(35)31(50)43(32(51)34(21,33)36)27-25(40)23(38)22(37)24(39)26(27)41/h2-6,8-9,16-17,20-21,44-45H,7,10H2,1H3,(H,48,49)/t16-,17+,20-,21+,33+,34-/m0/s1. The van der Waals surface area contributed by atoms with E-state index in [1.165, 1.54) is 25.3 Å². The maximum atomic E-state index is 15.2. The van der Waals surface area contributed by atoms with Crippen molar-refractivity contribution < 1.29 is 66.0 Å². The van der Waals surface area contributed by atoms with Crippen molar-refractivity contribution in [2.24, 2.45) is 17.8 Å². The van der Waals surface area contributed by atoms with Crippen molar-refractivity contribution in [1.29, 1.82) is 0 Å². The molecule has 6 atom stereocenters. The zero-order chi connectivity index (χ0) is 37.9. The van der Waals surface area contributed by atoms with Gasteiger partial charge in [0.2, 0.25) is 17.6 Å². The minimum atomic E-state index is -2.85. The van der Waals surface area contributed by atoms with Gasteiger partial charge in [-0.15, -0.1) is 23.2 Å². The average Bonchev–Trinajstić information content (AvgIpc) is 3.44. The van der Waals surface area contributed by atoms with Gasteiger partial charge in [-0.05, 0) is 37.0 Å². The Hall–Kier alpha value is -5.22. The highest BCUT2D eigenvalue weighted by molar-refractivity contribution is 6.58. The van der Waals surface area contributed by atoms with Crippen molar-refractivity contribution in [2.45, 2.75) is 28.5 Å². The normalized spacial score (nSPS) is 28.1. The quantitative estimate of drug-likeness (QED) is 0.0785. The van der Waals surface area contributed by atoms with Crippen LogP contribution < -0.4 is 14.5 Å². The second kappa shape index (κ2) is 11.6. The number of aromatic hydroxyl groups is 2. The van der Waals surface area contributed by atoms with Gasteiger partial charge in [-0.25, -0.2) is 36.5 Å². The minimum Gasteiger partial charge on any atom is -0.508 e. The molecule has 18 heteroatoms. The van der Waals surface area contributed by atoms with Crippen LogP contribution in [0.25, 0.3) is 0 Å². The van der Waals surface area contributed by atoms with E-state index in [0.717, 1.165) is 24.3 Å². The SMILES string of the molecule is COc1ccc([C@H]2C3=CC[C@@H]4C(=O)N(c5ccc(C(=O)O)c(O)c5)C(=O)[C@@H]4[C@@H]3C[C@@]3(Cl)C(=O)N(c4c(F)c(F)c(F)c(F)c4F)C(=O)[C@@]23Cl)c(O)c1. The number of ether oxygens (including phenoxy) is 1. The van der Waals surface area contributed by atoms with E-state index >= 15 is 8.78 Å². The first kappa shape index (κ1) is 35.2. The summed E-state index contributed by atoms with van der Waals surface area (Å²) in [7, 11) is 1.27. The Kier molecular flexibility index (Phi) is 7.88. The number of rotatable bonds is 5. The molecule has 3 aromatic carbocycles. The number of benzene rings is 3. The molecule has 2 saturated heterocycles. The highest BCUT2D eigenvalue weighted by atomic mass is 35.5. The average molecular weight is 767 g/mol. The lowest BCUT2D eigenvalue weighted by atomic mass is 9.56. The molecule has 4 amide bonds. The van der Waals surface area contributed by atoms with Crippen LogP contribution in [0.2, 0.25) is 0 Å². The minimum absolute atomic E-state index is 0.0838. The van der Waals surface area contributed by atoms with Gasteiger partial charge in [-0.1, -0.05) is 17.7 Å². The highest BCUT2D eigenvalue weighted by Gasteiger charge is 2.77. The summed E-state index contributed by atoms with van der Waals surface area (Å²) in [6.45, 7) is 0. The van der Waals surface area contributed by atoms with E-state index in [4.69, 9.17) is 27.9 Å². The number of phenols is 2. The molecule has 2 heterocycles. The molecule has 0 unspecified atom stereocenters. The van der Waals surface area contributed by atoms with Crippen LogP contribution in [0, 0.1) is 46.8 Å². The summed E-state index contributed by atoms with van der Waals surface area (Å²) in [5.41, 5.74) is -2.80. The summed E-state index contributed by atoms with van der Waals surface area (Å²) in [4.78, 5) is 62.7.